The van der Waals surface area contributed by atoms with Gasteiger partial charge in [0.25, 0.3) is 0 Å². The Hall–Kier alpha value is -12.5. The fourth-order valence-electron chi connectivity index (χ4n) is 14.3. The highest BCUT2D eigenvalue weighted by Crippen LogP contribution is 2.38. The van der Waals surface area contributed by atoms with Crippen molar-refractivity contribution in [3.63, 3.8) is 0 Å². The summed E-state index contributed by atoms with van der Waals surface area (Å²) in [7, 11) is -6.36. The van der Waals surface area contributed by atoms with Crippen LogP contribution in [0.3, 0.4) is 0 Å². The van der Waals surface area contributed by atoms with Gasteiger partial charge in [0.1, 0.15) is 30.5 Å². The molecule has 140 heavy (non-hydrogen) atoms. The van der Waals surface area contributed by atoms with Gasteiger partial charge in [-0.1, -0.05) is 219 Å². The van der Waals surface area contributed by atoms with Gasteiger partial charge in [0, 0.05) is 60.5 Å². The first-order chi connectivity index (χ1) is 66.6. The molecule has 12 rings (SSSR count). The van der Waals surface area contributed by atoms with E-state index >= 15 is 0 Å². The number of methoxy groups -OCH3 is 3. The van der Waals surface area contributed by atoms with Gasteiger partial charge in [0.05, 0.1) is 117 Å². The van der Waals surface area contributed by atoms with Crippen LogP contribution in [-0.4, -0.2) is 123 Å². The third-order valence-corrected chi connectivity index (χ3v) is 29.2. The van der Waals surface area contributed by atoms with Crippen LogP contribution in [0, 0.1) is 31.6 Å². The molecule has 0 aliphatic heterocycles. The van der Waals surface area contributed by atoms with Crippen LogP contribution in [0.5, 0.6) is 17.2 Å². The Balaban J connectivity index is 0.000000222. The zero-order valence-electron chi connectivity index (χ0n) is 81.5. The molecule has 26 heteroatoms. The molecule has 0 radical (unpaired) electrons. The molecule has 12 aromatic rings. The molecule has 0 fully saturated rings. The maximum Gasteiger partial charge on any atom is 0.333 e. The first-order valence-electron chi connectivity index (χ1n) is 45.0. The number of rotatable bonds is 43. The van der Waals surface area contributed by atoms with Gasteiger partial charge < -0.3 is 52.1 Å². The van der Waals surface area contributed by atoms with Gasteiger partial charge >= 0.3 is 23.9 Å². The molecule has 0 bridgehead atoms. The molecule has 0 aromatic heterocycles. The summed E-state index contributed by atoms with van der Waals surface area (Å²) >= 11 is 7.01. The molecule has 0 saturated carbocycles. The Morgan fingerprint density at radius 3 is 0.736 bits per heavy atom. The van der Waals surface area contributed by atoms with Crippen molar-refractivity contribution in [1.82, 2.24) is 0 Å². The summed E-state index contributed by atoms with van der Waals surface area (Å²) in [4.78, 5) is 48.0. The molecule has 0 aliphatic rings. The molecular formula is C114H120Br2O21S3. The van der Waals surface area contributed by atoms with E-state index in [2.05, 4.69) is 83.3 Å². The van der Waals surface area contributed by atoms with Gasteiger partial charge in [-0.05, 0) is 270 Å². The molecule has 0 saturated heterocycles. The van der Waals surface area contributed by atoms with Gasteiger partial charge in [-0.15, -0.1) is 0 Å². The quantitative estimate of drug-likeness (QED) is 0.0113. The van der Waals surface area contributed by atoms with Crippen molar-refractivity contribution in [2.24, 2.45) is 10.8 Å². The highest BCUT2D eigenvalue weighted by molar-refractivity contribution is 9.08. The van der Waals surface area contributed by atoms with E-state index in [4.69, 9.17) is 52.1 Å². The Kier molecular flexibility index (Phi) is 39.6. The van der Waals surface area contributed by atoms with E-state index in [1.54, 1.807) is 158 Å². The van der Waals surface area contributed by atoms with Gasteiger partial charge in [-0.2, -0.15) is 0 Å². The Morgan fingerprint density at radius 1 is 0.264 bits per heavy atom. The molecule has 0 unspecified atom stereocenters. The number of hydrogen-bond acceptors (Lipinski definition) is 21. The molecule has 0 amide bonds. The summed E-state index contributed by atoms with van der Waals surface area (Å²) in [6.45, 7) is 37.7. The molecule has 0 aliphatic carbocycles. The summed E-state index contributed by atoms with van der Waals surface area (Å²) < 4.78 is 142. The van der Waals surface area contributed by atoms with E-state index < -0.39 is 58.8 Å². The number of aryl methyl sites for hydroxylation is 3. The predicted molar refractivity (Wildman–Crippen MR) is 556 cm³/mol. The number of alkyl halides is 2. The molecule has 12 aromatic carbocycles. The van der Waals surface area contributed by atoms with Crippen molar-refractivity contribution in [2.45, 2.75) is 143 Å². The van der Waals surface area contributed by atoms with Gasteiger partial charge in [0.15, 0.2) is 0 Å². The molecular weight excluding hydrogens is 1960 g/mol. The number of ether oxygens (including phenoxy) is 11. The minimum absolute atomic E-state index is 0.105. The van der Waals surface area contributed by atoms with Gasteiger partial charge in [-0.25, -0.2) is 44.4 Å². The predicted octanol–water partition coefficient (Wildman–Crippen LogP) is 24.9. The third-order valence-electron chi connectivity index (χ3n) is 22.7. The summed E-state index contributed by atoms with van der Waals surface area (Å²) in [6.07, 6.45) is 0. The largest absolute Gasteiger partial charge is 0.496 e. The first-order valence-corrected chi connectivity index (χ1v) is 51.7. The number of halogens is 2. The molecule has 0 N–H and O–H groups in total. The third kappa shape index (κ3) is 30.3. The minimum atomic E-state index is -3.79. The zero-order valence-corrected chi connectivity index (χ0v) is 87.2. The second-order valence-electron chi connectivity index (χ2n) is 35.4. The summed E-state index contributed by atoms with van der Waals surface area (Å²) in [5.74, 6) is 0.367. The lowest BCUT2D eigenvalue weighted by Crippen LogP contribution is -2.27. The standard InChI is InChI=1S/C46H54O9S.C40H42O9S.C28H24Br2O3S/c1-31(2)43(47)54-29-45(6,7)27-52-25-38-23-36(12-11-33(38)5)34-13-18-40(19-14-34)56(49,50)41-20-15-35(16-21-41)37-17-22-42(51-10)39(24-37)26-53-28-46(8,9)30-55-44(48)32(3)4;1-27(2)39(41)48-21-19-46-25-34-23-32(8-7-29(34)5)30-9-14-36(15-10-30)50(43,44)37-16-11-31(12-17-37)33-13-18-38(45-6)35(24-33)26-47-20-22-49-40(42)28(3)4;1-19-3-4-22(15-24(19)17-29)20-5-10-26(11-6-20)34(31,32)27-12-7-21(8-13-27)23-9-14-28(33-2)25(16-23)18-30/h11-24H,1,3,25-30H2,2,4-10H3;7-18,23-24H,1,3,19-22,25-26H2,2,4-6H3;3-16H,17-18H2,1-2H3. The molecule has 21 nitrogen and oxygen atoms in total. The Bertz CT molecular complexity index is 6790. The van der Waals surface area contributed by atoms with Crippen molar-refractivity contribution in [3.05, 3.63) is 353 Å². The zero-order chi connectivity index (χ0) is 102. The van der Waals surface area contributed by atoms with Crippen LogP contribution >= 0.6 is 31.9 Å². The van der Waals surface area contributed by atoms with E-state index in [0.717, 1.165) is 117 Å². The SMILES string of the molecule is C=C(C)C(=O)OCC(C)(C)COCc1cc(-c2ccc(S(=O)(=O)c3ccc(-c4ccc(OC)c(COCC(C)(C)COC(=O)C(=C)C)c4)cc3)cc2)ccc1C.C=C(C)C(=O)OCCOCc1cc(-c2ccc(S(=O)(=O)c3ccc(-c4ccc(OC)c(COCCOC(=O)C(=C)C)c4)cc3)cc2)ccc1C.COc1ccc(-c2ccc(S(=O)(=O)c3ccc(-c4ccc(C)c(CBr)c4)cc3)cc2)cc1CBr. The monoisotopic (exact) mass is 2080 g/mol. The number of sulfone groups is 3. The summed E-state index contributed by atoms with van der Waals surface area (Å²) in [5, 5.41) is 1.45. The number of carbonyl (C=O) groups excluding carboxylic acids is 4. The van der Waals surface area contributed by atoms with Crippen LogP contribution in [0.1, 0.15) is 105 Å². The number of esters is 4. The van der Waals surface area contributed by atoms with E-state index in [1.165, 1.54) is 11.1 Å². The topological polar surface area (TPSA) is 272 Å². The highest BCUT2D eigenvalue weighted by atomic mass is 79.9. The maximum absolute atomic E-state index is 13.7. The lowest BCUT2D eigenvalue weighted by atomic mass is 9.96. The van der Waals surface area contributed by atoms with Crippen molar-refractivity contribution in [3.8, 4) is 84.0 Å². The average molecular weight is 2080 g/mol. The number of benzene rings is 12. The second kappa shape index (κ2) is 50.6. The lowest BCUT2D eigenvalue weighted by Gasteiger charge is -2.24. The van der Waals surface area contributed by atoms with Crippen LogP contribution in [0.15, 0.2) is 333 Å². The Morgan fingerprint density at radius 2 is 0.471 bits per heavy atom. The van der Waals surface area contributed by atoms with Crippen LogP contribution in [0.4, 0.5) is 0 Å². The van der Waals surface area contributed by atoms with Gasteiger partial charge in [0.2, 0.25) is 29.5 Å². The van der Waals surface area contributed by atoms with Crippen LogP contribution in [0.25, 0.3) is 66.8 Å². The summed E-state index contributed by atoms with van der Waals surface area (Å²) in [5.41, 5.74) is 20.8. The van der Waals surface area contributed by atoms with Crippen molar-refractivity contribution < 1.29 is 96.5 Å². The highest BCUT2D eigenvalue weighted by Gasteiger charge is 2.27. The first kappa shape index (κ1) is 110. The molecule has 0 spiro atoms. The van der Waals surface area contributed by atoms with Gasteiger partial charge in [-0.3, -0.25) is 0 Å². The van der Waals surface area contributed by atoms with E-state index in [-0.39, 0.29) is 87.6 Å². The lowest BCUT2D eigenvalue weighted by molar-refractivity contribution is -0.144. The molecule has 0 heterocycles. The van der Waals surface area contributed by atoms with Crippen molar-refractivity contribution >= 4 is 85.2 Å². The Labute approximate surface area is 840 Å². The number of hydrogen-bond donors (Lipinski definition) is 0. The van der Waals surface area contributed by atoms with Crippen LogP contribution in [0.2, 0.25) is 0 Å². The van der Waals surface area contributed by atoms with Crippen LogP contribution < -0.4 is 14.2 Å². The maximum atomic E-state index is 13.7. The van der Waals surface area contributed by atoms with E-state index in [1.807, 2.05) is 169 Å². The second-order valence-corrected chi connectivity index (χ2v) is 42.4. The average Bonchev–Trinajstić information content (AvgIpc) is 0.793. The summed E-state index contributed by atoms with van der Waals surface area (Å²) in [6, 6.07) is 77.0. The minimum Gasteiger partial charge on any atom is -0.496 e. The van der Waals surface area contributed by atoms with Crippen molar-refractivity contribution in [2.75, 3.05) is 74.2 Å². The smallest absolute Gasteiger partial charge is 0.333 e. The molecule has 734 valence electrons. The van der Waals surface area contributed by atoms with Crippen LogP contribution in [-0.2, 0) is 124 Å². The normalized spacial score (nSPS) is 11.5. The van der Waals surface area contributed by atoms with E-state index in [0.29, 0.717) is 65.5 Å². The fraction of sp³-hybridized carbons (Fsp3) is 0.263. The fourth-order valence-corrected chi connectivity index (χ4v) is 19.1. The van der Waals surface area contributed by atoms with E-state index in [9.17, 15) is 44.4 Å². The number of carbonyl (C=O) groups is 4. The molecule has 0 atom stereocenters. The van der Waals surface area contributed by atoms with Crippen molar-refractivity contribution in [1.29, 1.82) is 0 Å².